The average Bonchev–Trinajstić information content (AvgIpc) is 2.37. The van der Waals surface area contributed by atoms with E-state index in [-0.39, 0.29) is 5.97 Å². The van der Waals surface area contributed by atoms with Crippen molar-refractivity contribution in [3.63, 3.8) is 0 Å². The normalized spacial score (nSPS) is 28.1. The third kappa shape index (κ3) is 4.74. The lowest BCUT2D eigenvalue weighted by Crippen LogP contribution is -2.51. The van der Waals surface area contributed by atoms with Crippen LogP contribution < -0.4 is 5.32 Å². The van der Waals surface area contributed by atoms with E-state index in [0.717, 1.165) is 38.5 Å². The van der Waals surface area contributed by atoms with Crippen LogP contribution in [0.2, 0.25) is 0 Å². The molecule has 2 rings (SSSR count). The molecule has 20 heavy (non-hydrogen) atoms. The summed E-state index contributed by atoms with van der Waals surface area (Å²) >= 11 is 0. The van der Waals surface area contributed by atoms with Gasteiger partial charge in [0, 0.05) is 25.6 Å². The van der Waals surface area contributed by atoms with Gasteiger partial charge in [0.1, 0.15) is 0 Å². The molecule has 0 spiro atoms. The van der Waals surface area contributed by atoms with Crippen LogP contribution in [0.5, 0.6) is 0 Å². The summed E-state index contributed by atoms with van der Waals surface area (Å²) in [6, 6.07) is 0.547. The number of nitrogens with one attached hydrogen (secondary N) is 1. The molecule has 0 aromatic rings. The number of piperidine rings is 1. The average molecular weight is 282 g/mol. The Balaban J connectivity index is 1.80. The summed E-state index contributed by atoms with van der Waals surface area (Å²) in [5.41, 5.74) is 0. The maximum absolute atomic E-state index is 11.5. The first-order chi connectivity index (χ1) is 9.71. The zero-order valence-electron chi connectivity index (χ0n) is 13.1. The van der Waals surface area contributed by atoms with Crippen LogP contribution in [0, 0.1) is 11.8 Å². The third-order valence-corrected chi connectivity index (χ3v) is 4.76. The number of esters is 1. The third-order valence-electron chi connectivity index (χ3n) is 4.76. The molecule has 4 heteroatoms. The Morgan fingerprint density at radius 2 is 2.10 bits per heavy atom. The van der Waals surface area contributed by atoms with E-state index in [1.165, 1.54) is 32.8 Å². The lowest BCUT2D eigenvalue weighted by Gasteiger charge is -2.39. The fourth-order valence-electron chi connectivity index (χ4n) is 3.45. The number of nitrogens with zero attached hydrogens (tertiary/aromatic N) is 1. The van der Waals surface area contributed by atoms with Crippen LogP contribution in [-0.4, -0.2) is 50.2 Å². The monoisotopic (exact) mass is 282 g/mol. The number of hydrogen-bond acceptors (Lipinski definition) is 4. The molecule has 1 aliphatic heterocycles. The summed E-state index contributed by atoms with van der Waals surface area (Å²) in [4.78, 5) is 14.0. The van der Waals surface area contributed by atoms with E-state index in [0.29, 0.717) is 18.4 Å². The number of rotatable bonds is 7. The smallest absolute Gasteiger partial charge is 0.305 e. The van der Waals surface area contributed by atoms with Crippen LogP contribution in [-0.2, 0) is 9.53 Å². The minimum atomic E-state index is -0.0638. The number of ether oxygens (including phenoxy) is 1. The van der Waals surface area contributed by atoms with Crippen molar-refractivity contribution in [3.05, 3.63) is 0 Å². The van der Waals surface area contributed by atoms with Crippen LogP contribution >= 0.6 is 0 Å². The Labute approximate surface area is 123 Å². The Morgan fingerprint density at radius 1 is 1.30 bits per heavy atom. The summed E-state index contributed by atoms with van der Waals surface area (Å²) in [5, 5.41) is 3.74. The second-order valence-corrected chi connectivity index (χ2v) is 6.54. The topological polar surface area (TPSA) is 41.6 Å². The first-order valence-corrected chi connectivity index (χ1v) is 8.23. The van der Waals surface area contributed by atoms with Crippen molar-refractivity contribution >= 4 is 5.97 Å². The van der Waals surface area contributed by atoms with E-state index in [1.54, 1.807) is 0 Å². The molecule has 0 radical (unpaired) electrons. The van der Waals surface area contributed by atoms with Gasteiger partial charge in [-0.2, -0.15) is 0 Å². The number of likely N-dealkylation sites (tertiary alicyclic amines) is 1. The quantitative estimate of drug-likeness (QED) is 0.726. The van der Waals surface area contributed by atoms with Crippen LogP contribution in [0.1, 0.15) is 45.4 Å². The molecule has 1 N–H and O–H groups in total. The summed E-state index contributed by atoms with van der Waals surface area (Å²) in [6.45, 7) is 6.71. The van der Waals surface area contributed by atoms with Gasteiger partial charge in [-0.05, 0) is 50.6 Å². The fourth-order valence-corrected chi connectivity index (χ4v) is 3.45. The van der Waals surface area contributed by atoms with Crippen molar-refractivity contribution in [2.45, 2.75) is 51.5 Å². The van der Waals surface area contributed by atoms with Crippen LogP contribution in [0.4, 0.5) is 0 Å². The molecule has 1 heterocycles. The van der Waals surface area contributed by atoms with Gasteiger partial charge in [-0.25, -0.2) is 0 Å². The number of carbonyl (C=O) groups excluding carboxylic acids is 1. The van der Waals surface area contributed by atoms with Gasteiger partial charge in [0.2, 0.25) is 0 Å². The van der Waals surface area contributed by atoms with Gasteiger partial charge >= 0.3 is 5.97 Å². The summed E-state index contributed by atoms with van der Waals surface area (Å²) in [6.07, 6.45) is 7.05. The maximum Gasteiger partial charge on any atom is 0.305 e. The molecule has 0 bridgehead atoms. The Morgan fingerprint density at radius 3 is 2.70 bits per heavy atom. The molecule has 0 aromatic heterocycles. The van der Waals surface area contributed by atoms with Crippen LogP contribution in [0.3, 0.4) is 0 Å². The van der Waals surface area contributed by atoms with Gasteiger partial charge < -0.3 is 15.0 Å². The minimum absolute atomic E-state index is 0.0638. The zero-order valence-corrected chi connectivity index (χ0v) is 13.1. The van der Waals surface area contributed by atoms with E-state index in [9.17, 15) is 4.79 Å². The predicted molar refractivity (Wildman–Crippen MR) is 80.6 cm³/mol. The Kier molecular flexibility index (Phi) is 6.30. The van der Waals surface area contributed by atoms with Crippen molar-refractivity contribution < 1.29 is 9.53 Å². The van der Waals surface area contributed by atoms with Gasteiger partial charge in [0.25, 0.3) is 0 Å². The number of hydrogen-bond donors (Lipinski definition) is 1. The van der Waals surface area contributed by atoms with Crippen molar-refractivity contribution in [3.8, 4) is 0 Å². The summed E-state index contributed by atoms with van der Waals surface area (Å²) in [5.74, 6) is 1.28. The molecule has 0 amide bonds. The first-order valence-electron chi connectivity index (χ1n) is 8.23. The molecule has 2 unspecified atom stereocenters. The Hall–Kier alpha value is -0.610. The van der Waals surface area contributed by atoms with Gasteiger partial charge in [-0.3, -0.25) is 4.79 Å². The molecule has 2 atom stereocenters. The first kappa shape index (κ1) is 15.8. The molecule has 1 saturated carbocycles. The van der Waals surface area contributed by atoms with Crippen molar-refractivity contribution in [1.29, 1.82) is 0 Å². The highest BCUT2D eigenvalue weighted by Gasteiger charge is 2.29. The van der Waals surface area contributed by atoms with Gasteiger partial charge in [0.15, 0.2) is 0 Å². The SMILES string of the molecule is CCCN1CC(CC(=O)OC)CC(NCC2CCC2)C1. The van der Waals surface area contributed by atoms with Crippen molar-refractivity contribution in [2.75, 3.05) is 33.3 Å². The van der Waals surface area contributed by atoms with Gasteiger partial charge in [-0.1, -0.05) is 13.3 Å². The molecule has 2 aliphatic rings. The summed E-state index contributed by atoms with van der Waals surface area (Å²) < 4.78 is 4.83. The predicted octanol–water partition coefficient (Wildman–Crippen LogP) is 2.04. The van der Waals surface area contributed by atoms with E-state index in [1.807, 2.05) is 0 Å². The Bertz CT molecular complexity index is 305. The highest BCUT2D eigenvalue weighted by Crippen LogP contribution is 2.26. The number of carbonyl (C=O) groups is 1. The molecular weight excluding hydrogens is 252 g/mol. The number of methoxy groups -OCH3 is 1. The molecule has 0 aromatic carbocycles. The molecule has 1 saturated heterocycles. The van der Waals surface area contributed by atoms with Gasteiger partial charge in [-0.15, -0.1) is 0 Å². The van der Waals surface area contributed by atoms with Crippen molar-refractivity contribution in [2.24, 2.45) is 11.8 Å². The van der Waals surface area contributed by atoms with Crippen LogP contribution in [0.15, 0.2) is 0 Å². The van der Waals surface area contributed by atoms with Crippen LogP contribution in [0.25, 0.3) is 0 Å². The lowest BCUT2D eigenvalue weighted by atomic mass is 9.84. The molecule has 2 fully saturated rings. The van der Waals surface area contributed by atoms with E-state index < -0.39 is 0 Å². The standard InChI is InChI=1S/C16H30N2O2/c1-3-7-18-11-14(9-16(19)20-2)8-15(12-18)17-10-13-5-4-6-13/h13-15,17H,3-12H2,1-2H3. The van der Waals surface area contributed by atoms with E-state index in [4.69, 9.17) is 4.74 Å². The highest BCUT2D eigenvalue weighted by molar-refractivity contribution is 5.69. The molecule has 4 nitrogen and oxygen atoms in total. The zero-order chi connectivity index (χ0) is 14.4. The second-order valence-electron chi connectivity index (χ2n) is 6.54. The fraction of sp³-hybridized carbons (Fsp3) is 0.938. The van der Waals surface area contributed by atoms with Crippen molar-refractivity contribution in [1.82, 2.24) is 10.2 Å². The molecule has 1 aliphatic carbocycles. The largest absolute Gasteiger partial charge is 0.469 e. The summed E-state index contributed by atoms with van der Waals surface area (Å²) in [7, 11) is 1.49. The highest BCUT2D eigenvalue weighted by atomic mass is 16.5. The molecular formula is C16H30N2O2. The second kappa shape index (κ2) is 7.99. The lowest BCUT2D eigenvalue weighted by molar-refractivity contribution is -0.142. The molecule has 116 valence electrons. The minimum Gasteiger partial charge on any atom is -0.469 e. The van der Waals surface area contributed by atoms with E-state index >= 15 is 0 Å². The van der Waals surface area contributed by atoms with E-state index in [2.05, 4.69) is 17.1 Å². The van der Waals surface area contributed by atoms with Gasteiger partial charge in [0.05, 0.1) is 7.11 Å². The maximum atomic E-state index is 11.5.